The fourth-order valence-electron chi connectivity index (χ4n) is 4.18. The van der Waals surface area contributed by atoms with E-state index in [0.717, 1.165) is 29.1 Å². The molecule has 0 unspecified atom stereocenters. The van der Waals surface area contributed by atoms with Gasteiger partial charge in [0, 0.05) is 30.4 Å². The zero-order chi connectivity index (χ0) is 25.1. The minimum absolute atomic E-state index is 0.0366. The van der Waals surface area contributed by atoms with Crippen LogP contribution in [0.1, 0.15) is 29.8 Å². The highest BCUT2D eigenvalue weighted by Gasteiger charge is 2.37. The SMILES string of the molecule is Cc1nc(-c2onc(C)c2CNc2nccc(-c3ccccn3)n2)ccc1OC[C@@H]1CC[C@H]1C(=O)O. The third-order valence-corrected chi connectivity index (χ3v) is 6.45. The average molecular weight is 487 g/mol. The van der Waals surface area contributed by atoms with E-state index in [1.807, 2.05) is 50.2 Å². The highest BCUT2D eigenvalue weighted by atomic mass is 16.5. The molecule has 36 heavy (non-hydrogen) atoms. The van der Waals surface area contributed by atoms with Crippen molar-refractivity contribution >= 4 is 11.9 Å². The highest BCUT2D eigenvalue weighted by molar-refractivity contribution is 5.71. The molecule has 1 aliphatic carbocycles. The summed E-state index contributed by atoms with van der Waals surface area (Å²) in [5.74, 6) is 0.614. The second-order valence-corrected chi connectivity index (χ2v) is 8.78. The zero-order valence-electron chi connectivity index (χ0n) is 20.0. The van der Waals surface area contributed by atoms with E-state index in [9.17, 15) is 9.90 Å². The van der Waals surface area contributed by atoms with Crippen molar-refractivity contribution in [1.82, 2.24) is 25.1 Å². The number of nitrogens with zero attached hydrogens (tertiary/aromatic N) is 5. The summed E-state index contributed by atoms with van der Waals surface area (Å²) in [4.78, 5) is 29.1. The van der Waals surface area contributed by atoms with Crippen molar-refractivity contribution in [3.05, 3.63) is 65.7 Å². The Morgan fingerprint density at radius 3 is 2.64 bits per heavy atom. The molecule has 1 saturated carbocycles. The fourth-order valence-corrected chi connectivity index (χ4v) is 4.18. The maximum atomic E-state index is 11.2. The van der Waals surface area contributed by atoms with E-state index < -0.39 is 5.97 Å². The van der Waals surface area contributed by atoms with Crippen molar-refractivity contribution in [2.45, 2.75) is 33.2 Å². The topological polar surface area (TPSA) is 136 Å². The molecule has 0 aromatic carbocycles. The number of carboxylic acids is 1. The summed E-state index contributed by atoms with van der Waals surface area (Å²) in [7, 11) is 0. The number of pyridine rings is 2. The average Bonchev–Trinajstić information content (AvgIpc) is 3.23. The van der Waals surface area contributed by atoms with E-state index in [2.05, 4.69) is 30.4 Å². The van der Waals surface area contributed by atoms with Gasteiger partial charge in [0.15, 0.2) is 5.76 Å². The summed E-state index contributed by atoms with van der Waals surface area (Å²) in [5, 5.41) is 16.6. The number of nitrogens with one attached hydrogen (secondary N) is 1. The Kier molecular flexibility index (Phi) is 6.57. The molecule has 0 saturated heterocycles. The van der Waals surface area contributed by atoms with E-state index in [-0.39, 0.29) is 11.8 Å². The highest BCUT2D eigenvalue weighted by Crippen LogP contribution is 2.35. The Morgan fingerprint density at radius 1 is 1.03 bits per heavy atom. The van der Waals surface area contributed by atoms with E-state index in [1.54, 1.807) is 12.4 Å². The lowest BCUT2D eigenvalue weighted by molar-refractivity contribution is -0.148. The van der Waals surface area contributed by atoms with Crippen LogP contribution in [-0.2, 0) is 11.3 Å². The minimum Gasteiger partial charge on any atom is -0.491 e. The van der Waals surface area contributed by atoms with Crippen LogP contribution in [0.3, 0.4) is 0 Å². The number of anilines is 1. The molecule has 0 bridgehead atoms. The van der Waals surface area contributed by atoms with Crippen LogP contribution >= 0.6 is 0 Å². The molecule has 4 aromatic heterocycles. The molecule has 10 heteroatoms. The molecule has 184 valence electrons. The minimum atomic E-state index is -0.754. The first kappa shape index (κ1) is 23.4. The van der Waals surface area contributed by atoms with Gasteiger partial charge in [-0.3, -0.25) is 9.78 Å². The van der Waals surface area contributed by atoms with Gasteiger partial charge in [-0.2, -0.15) is 0 Å². The maximum absolute atomic E-state index is 11.2. The lowest BCUT2D eigenvalue weighted by Crippen LogP contribution is -2.36. The van der Waals surface area contributed by atoms with Gasteiger partial charge in [-0.15, -0.1) is 0 Å². The predicted molar refractivity (Wildman–Crippen MR) is 131 cm³/mol. The molecule has 2 atom stereocenters. The molecule has 10 nitrogen and oxygen atoms in total. The van der Waals surface area contributed by atoms with Gasteiger partial charge in [-0.1, -0.05) is 11.2 Å². The van der Waals surface area contributed by atoms with Gasteiger partial charge in [0.2, 0.25) is 5.95 Å². The van der Waals surface area contributed by atoms with E-state index in [0.29, 0.717) is 48.4 Å². The molecule has 0 amide bonds. The zero-order valence-corrected chi connectivity index (χ0v) is 20.0. The number of aryl methyl sites for hydroxylation is 2. The Hall–Kier alpha value is -4.34. The number of carboxylic acid groups (broad SMARTS) is 1. The normalized spacial score (nSPS) is 16.8. The second kappa shape index (κ2) is 10.1. The molecule has 4 heterocycles. The number of ether oxygens (including phenoxy) is 1. The van der Waals surface area contributed by atoms with Gasteiger partial charge in [0.05, 0.1) is 35.3 Å². The standard InChI is InChI=1S/C26H26N6O4/c1-15-19(13-29-26-28-12-10-21(31-26)20-5-3-4-11-27-20)24(36-32-15)22-8-9-23(16(2)30-22)35-14-17-6-7-18(17)25(33)34/h3-5,8-12,17-18H,6-7,13-14H2,1-2H3,(H,33,34)(H,28,29,31)/t17-,18+/m0/s1. The van der Waals surface area contributed by atoms with Crippen molar-refractivity contribution in [1.29, 1.82) is 0 Å². The summed E-state index contributed by atoms with van der Waals surface area (Å²) in [6.07, 6.45) is 4.98. The monoisotopic (exact) mass is 486 g/mol. The molecule has 5 rings (SSSR count). The molecule has 0 radical (unpaired) electrons. The summed E-state index contributed by atoms with van der Waals surface area (Å²) >= 11 is 0. The van der Waals surface area contributed by atoms with Gasteiger partial charge in [0.1, 0.15) is 11.4 Å². The van der Waals surface area contributed by atoms with Crippen LogP contribution < -0.4 is 10.1 Å². The summed E-state index contributed by atoms with van der Waals surface area (Å²) in [6.45, 7) is 4.49. The first-order chi connectivity index (χ1) is 17.5. The van der Waals surface area contributed by atoms with Crippen LogP contribution in [-0.4, -0.2) is 42.8 Å². The molecular weight excluding hydrogens is 460 g/mol. The number of aliphatic carboxylic acids is 1. The number of carbonyl (C=O) groups is 1. The third kappa shape index (κ3) is 4.88. The number of hydrogen-bond donors (Lipinski definition) is 2. The van der Waals surface area contributed by atoms with Crippen LogP contribution in [0, 0.1) is 25.7 Å². The van der Waals surface area contributed by atoms with E-state index in [4.69, 9.17) is 9.26 Å². The maximum Gasteiger partial charge on any atom is 0.306 e. The molecule has 2 N–H and O–H groups in total. The number of rotatable bonds is 9. The molecule has 0 spiro atoms. The Bertz CT molecular complexity index is 1370. The van der Waals surface area contributed by atoms with E-state index in [1.165, 1.54) is 0 Å². The van der Waals surface area contributed by atoms with Crippen molar-refractivity contribution in [2.75, 3.05) is 11.9 Å². The van der Waals surface area contributed by atoms with Gasteiger partial charge >= 0.3 is 5.97 Å². The second-order valence-electron chi connectivity index (χ2n) is 8.78. The van der Waals surface area contributed by atoms with Crippen LogP contribution in [0.25, 0.3) is 22.8 Å². The Morgan fingerprint density at radius 2 is 1.92 bits per heavy atom. The molecule has 1 fully saturated rings. The number of hydrogen-bond acceptors (Lipinski definition) is 9. The number of aromatic nitrogens is 5. The van der Waals surface area contributed by atoms with Crippen molar-refractivity contribution in [3.8, 4) is 28.6 Å². The lowest BCUT2D eigenvalue weighted by Gasteiger charge is -2.33. The van der Waals surface area contributed by atoms with Gasteiger partial charge in [0.25, 0.3) is 0 Å². The van der Waals surface area contributed by atoms with Crippen LogP contribution in [0.2, 0.25) is 0 Å². The lowest BCUT2D eigenvalue weighted by atomic mass is 9.74. The van der Waals surface area contributed by atoms with Gasteiger partial charge < -0.3 is 19.7 Å². The van der Waals surface area contributed by atoms with Crippen molar-refractivity contribution < 1.29 is 19.2 Å². The van der Waals surface area contributed by atoms with Gasteiger partial charge in [-0.25, -0.2) is 15.0 Å². The van der Waals surface area contributed by atoms with Crippen molar-refractivity contribution in [2.24, 2.45) is 11.8 Å². The summed E-state index contributed by atoms with van der Waals surface area (Å²) in [6, 6.07) is 11.1. The summed E-state index contributed by atoms with van der Waals surface area (Å²) in [5.41, 5.74) is 4.40. The van der Waals surface area contributed by atoms with Gasteiger partial charge in [-0.05, 0) is 57.0 Å². The predicted octanol–water partition coefficient (Wildman–Crippen LogP) is 4.31. The molecule has 4 aromatic rings. The Balaban J connectivity index is 1.28. The molecule has 0 aliphatic heterocycles. The first-order valence-corrected chi connectivity index (χ1v) is 11.8. The van der Waals surface area contributed by atoms with Crippen LogP contribution in [0.5, 0.6) is 5.75 Å². The summed E-state index contributed by atoms with van der Waals surface area (Å²) < 4.78 is 11.5. The van der Waals surface area contributed by atoms with Crippen LogP contribution in [0.15, 0.2) is 53.3 Å². The van der Waals surface area contributed by atoms with E-state index >= 15 is 0 Å². The van der Waals surface area contributed by atoms with Crippen LogP contribution in [0.4, 0.5) is 5.95 Å². The molecular formula is C26H26N6O4. The fraction of sp³-hybridized carbons (Fsp3) is 0.308. The quantitative estimate of drug-likeness (QED) is 0.352. The largest absolute Gasteiger partial charge is 0.491 e. The van der Waals surface area contributed by atoms with Crippen molar-refractivity contribution in [3.63, 3.8) is 0 Å². The smallest absolute Gasteiger partial charge is 0.306 e. The molecule has 1 aliphatic rings. The first-order valence-electron chi connectivity index (χ1n) is 11.8. The Labute approximate surface area is 207 Å². The third-order valence-electron chi connectivity index (χ3n) is 6.45.